The number of fused-ring (bicyclic) bond motifs is 3. The van der Waals surface area contributed by atoms with E-state index in [-0.39, 0.29) is 25.3 Å². The Morgan fingerprint density at radius 1 is 1.15 bits per heavy atom. The van der Waals surface area contributed by atoms with Crippen molar-refractivity contribution in [2.45, 2.75) is 39.2 Å². The molecule has 5 rings (SSSR count). The Morgan fingerprint density at radius 3 is 2.82 bits per heavy atom. The number of carbonyl (C=O) groups excluding carboxylic acids is 2. The zero-order valence-electron chi connectivity index (χ0n) is 19.2. The molecule has 0 fully saturated rings. The molecule has 1 amide bonds. The van der Waals surface area contributed by atoms with E-state index in [0.717, 1.165) is 57.6 Å². The maximum atomic E-state index is 13.2. The molecule has 2 aromatic carbocycles. The van der Waals surface area contributed by atoms with Gasteiger partial charge in [0.1, 0.15) is 0 Å². The number of aromatic nitrogens is 1. The van der Waals surface area contributed by atoms with Crippen molar-refractivity contribution in [3.8, 4) is 11.5 Å². The van der Waals surface area contributed by atoms with Gasteiger partial charge in [-0.2, -0.15) is 0 Å². The fourth-order valence-corrected chi connectivity index (χ4v) is 4.34. The molecule has 0 bridgehead atoms. The highest BCUT2D eigenvalue weighted by Gasteiger charge is 2.28. The minimum atomic E-state index is -0.501. The van der Waals surface area contributed by atoms with E-state index in [1.807, 2.05) is 56.3 Å². The summed E-state index contributed by atoms with van der Waals surface area (Å²) in [7, 11) is 0. The summed E-state index contributed by atoms with van der Waals surface area (Å²) in [6.07, 6.45) is 4.31. The van der Waals surface area contributed by atoms with Crippen molar-refractivity contribution in [2.24, 2.45) is 0 Å². The fraction of sp³-hybridized carbons (Fsp3) is 0.296. The second-order valence-corrected chi connectivity index (χ2v) is 8.57. The van der Waals surface area contributed by atoms with Crippen molar-refractivity contribution >= 4 is 34.4 Å². The van der Waals surface area contributed by atoms with Gasteiger partial charge in [0, 0.05) is 11.4 Å². The van der Waals surface area contributed by atoms with Crippen LogP contribution in [0, 0.1) is 0 Å². The highest BCUT2D eigenvalue weighted by Crippen LogP contribution is 2.39. The van der Waals surface area contributed by atoms with Crippen LogP contribution in [0.2, 0.25) is 0 Å². The second-order valence-electron chi connectivity index (χ2n) is 8.57. The van der Waals surface area contributed by atoms with E-state index in [2.05, 4.69) is 11.4 Å². The number of benzene rings is 2. The van der Waals surface area contributed by atoms with Crippen LogP contribution in [-0.2, 0) is 16.0 Å². The predicted octanol–water partition coefficient (Wildman–Crippen LogP) is 4.52. The zero-order valence-corrected chi connectivity index (χ0v) is 19.2. The van der Waals surface area contributed by atoms with E-state index in [1.54, 1.807) is 0 Å². The third kappa shape index (κ3) is 4.21. The van der Waals surface area contributed by atoms with Crippen LogP contribution >= 0.6 is 0 Å². The number of allylic oxidation sites excluding steroid dienone is 1. The Balaban J connectivity index is 1.48. The average molecular weight is 459 g/mol. The number of esters is 1. The third-order valence-electron chi connectivity index (χ3n) is 6.24. The van der Waals surface area contributed by atoms with Crippen LogP contribution in [0.4, 0.5) is 0 Å². The van der Waals surface area contributed by atoms with Gasteiger partial charge in [0.15, 0.2) is 18.1 Å². The standard InChI is InChI=1S/C27H26N2O5/c1-3-16(2)28-24(30)14-32-27(31)25-19-6-4-5-7-21(19)29-26-18(9-10-20(25)26)12-17-8-11-22-23(13-17)34-15-33-22/h4-8,11-13,16H,3,9-10,14-15H2,1-2H3,(H,28,30)/b18-12+. The molecule has 34 heavy (non-hydrogen) atoms. The first kappa shape index (κ1) is 21.9. The van der Waals surface area contributed by atoms with E-state index in [4.69, 9.17) is 19.2 Å². The van der Waals surface area contributed by atoms with Crippen LogP contribution in [0.5, 0.6) is 11.5 Å². The van der Waals surface area contributed by atoms with Gasteiger partial charge in [-0.1, -0.05) is 31.2 Å². The summed E-state index contributed by atoms with van der Waals surface area (Å²) in [5, 5.41) is 3.56. The minimum Gasteiger partial charge on any atom is -0.454 e. The van der Waals surface area contributed by atoms with Crippen LogP contribution in [-0.4, -0.2) is 36.3 Å². The summed E-state index contributed by atoms with van der Waals surface area (Å²) in [5.74, 6) is 0.652. The van der Waals surface area contributed by atoms with Crippen molar-refractivity contribution in [1.29, 1.82) is 0 Å². The van der Waals surface area contributed by atoms with Gasteiger partial charge in [-0.15, -0.1) is 0 Å². The molecule has 1 aliphatic heterocycles. The summed E-state index contributed by atoms with van der Waals surface area (Å²) in [6, 6.07) is 13.4. The van der Waals surface area contributed by atoms with Gasteiger partial charge in [0.2, 0.25) is 6.79 Å². The SMILES string of the molecule is CCC(C)NC(=O)COC(=O)c1c2c(nc3ccccc13)/C(=C/c1ccc3c(c1)OCO3)CC2. The molecular weight excluding hydrogens is 432 g/mol. The van der Waals surface area contributed by atoms with Crippen molar-refractivity contribution in [3.63, 3.8) is 0 Å². The first-order valence-electron chi connectivity index (χ1n) is 11.5. The van der Waals surface area contributed by atoms with E-state index in [0.29, 0.717) is 12.0 Å². The second kappa shape index (κ2) is 9.17. The molecule has 2 aliphatic rings. The Kier molecular flexibility index (Phi) is 5.92. The Labute approximate surface area is 197 Å². The number of hydrogen-bond donors (Lipinski definition) is 1. The molecule has 7 heteroatoms. The lowest BCUT2D eigenvalue weighted by Crippen LogP contribution is -2.35. The van der Waals surface area contributed by atoms with E-state index in [9.17, 15) is 9.59 Å². The van der Waals surface area contributed by atoms with Gasteiger partial charge in [0.25, 0.3) is 5.91 Å². The van der Waals surface area contributed by atoms with Gasteiger partial charge in [-0.05, 0) is 67.2 Å². The summed E-state index contributed by atoms with van der Waals surface area (Å²) < 4.78 is 16.3. The molecule has 1 aliphatic carbocycles. The number of rotatable bonds is 6. The van der Waals surface area contributed by atoms with Crippen molar-refractivity contribution in [2.75, 3.05) is 13.4 Å². The van der Waals surface area contributed by atoms with E-state index in [1.165, 1.54) is 0 Å². The largest absolute Gasteiger partial charge is 0.454 e. The number of ether oxygens (including phenoxy) is 3. The molecule has 7 nitrogen and oxygen atoms in total. The smallest absolute Gasteiger partial charge is 0.339 e. The monoisotopic (exact) mass is 458 g/mol. The highest BCUT2D eigenvalue weighted by atomic mass is 16.7. The summed E-state index contributed by atoms with van der Waals surface area (Å²) in [6.45, 7) is 3.82. The predicted molar refractivity (Wildman–Crippen MR) is 129 cm³/mol. The first-order chi connectivity index (χ1) is 16.5. The number of hydrogen-bond acceptors (Lipinski definition) is 6. The topological polar surface area (TPSA) is 86.8 Å². The molecular formula is C27H26N2O5. The molecule has 3 aromatic rings. The molecule has 1 N–H and O–H groups in total. The summed E-state index contributed by atoms with van der Waals surface area (Å²) >= 11 is 0. The molecule has 0 saturated heterocycles. The Hall–Kier alpha value is -3.87. The van der Waals surface area contributed by atoms with Crippen LogP contribution in [0.1, 0.15) is 53.9 Å². The normalized spacial score (nSPS) is 15.9. The Bertz CT molecular complexity index is 1310. The van der Waals surface area contributed by atoms with Crippen molar-refractivity contribution < 1.29 is 23.8 Å². The van der Waals surface area contributed by atoms with E-state index >= 15 is 0 Å². The van der Waals surface area contributed by atoms with Crippen LogP contribution in [0.25, 0.3) is 22.6 Å². The molecule has 0 saturated carbocycles. The van der Waals surface area contributed by atoms with Gasteiger partial charge in [-0.3, -0.25) is 4.79 Å². The lowest BCUT2D eigenvalue weighted by Gasteiger charge is -2.14. The molecule has 1 unspecified atom stereocenters. The molecule has 1 atom stereocenters. The molecule has 0 radical (unpaired) electrons. The number of para-hydroxylation sites is 1. The van der Waals surface area contributed by atoms with E-state index < -0.39 is 5.97 Å². The lowest BCUT2D eigenvalue weighted by atomic mass is 10.0. The lowest BCUT2D eigenvalue weighted by molar-refractivity contribution is -0.124. The Morgan fingerprint density at radius 2 is 1.97 bits per heavy atom. The van der Waals surface area contributed by atoms with Gasteiger partial charge in [0.05, 0.1) is 16.8 Å². The van der Waals surface area contributed by atoms with Gasteiger partial charge >= 0.3 is 5.97 Å². The quantitative estimate of drug-likeness (QED) is 0.547. The third-order valence-corrected chi connectivity index (χ3v) is 6.24. The van der Waals surface area contributed by atoms with Crippen LogP contribution in [0.15, 0.2) is 42.5 Å². The molecule has 174 valence electrons. The molecule has 2 heterocycles. The van der Waals surface area contributed by atoms with Gasteiger partial charge in [-0.25, -0.2) is 9.78 Å². The van der Waals surface area contributed by atoms with Crippen LogP contribution < -0.4 is 14.8 Å². The zero-order chi connectivity index (χ0) is 23.7. The van der Waals surface area contributed by atoms with Crippen molar-refractivity contribution in [3.05, 3.63) is 64.8 Å². The fourth-order valence-electron chi connectivity index (χ4n) is 4.34. The van der Waals surface area contributed by atoms with Gasteiger partial charge < -0.3 is 19.5 Å². The number of amides is 1. The first-order valence-corrected chi connectivity index (χ1v) is 11.5. The molecule has 1 aromatic heterocycles. The molecule has 0 spiro atoms. The number of carbonyl (C=O) groups is 2. The average Bonchev–Trinajstić information content (AvgIpc) is 3.47. The maximum absolute atomic E-state index is 13.2. The minimum absolute atomic E-state index is 0.0288. The van der Waals surface area contributed by atoms with Crippen molar-refractivity contribution in [1.82, 2.24) is 10.3 Å². The highest BCUT2D eigenvalue weighted by molar-refractivity contribution is 6.07. The number of nitrogens with zero attached hydrogens (tertiary/aromatic N) is 1. The maximum Gasteiger partial charge on any atom is 0.339 e. The summed E-state index contributed by atoms with van der Waals surface area (Å²) in [5.41, 5.74) is 4.89. The summed E-state index contributed by atoms with van der Waals surface area (Å²) in [4.78, 5) is 30.2. The number of pyridine rings is 1. The number of nitrogens with one attached hydrogen (secondary N) is 1. The van der Waals surface area contributed by atoms with Crippen LogP contribution in [0.3, 0.4) is 0 Å².